The van der Waals surface area contributed by atoms with E-state index in [9.17, 15) is 5.21 Å². The van der Waals surface area contributed by atoms with Crippen LogP contribution in [0.3, 0.4) is 0 Å². The molecule has 6 heteroatoms. The third-order valence-electron chi connectivity index (χ3n) is 2.78. The number of hydrogen-bond acceptors (Lipinski definition) is 6. The van der Waals surface area contributed by atoms with Crippen molar-refractivity contribution in [1.82, 2.24) is 4.58 Å². The van der Waals surface area contributed by atoms with Gasteiger partial charge in [0, 0.05) is 23.1 Å². The number of benzene rings is 2. The molecule has 0 bridgehead atoms. The van der Waals surface area contributed by atoms with Gasteiger partial charge in [0.05, 0.1) is 11.4 Å². The molecule has 0 radical (unpaired) electrons. The van der Waals surface area contributed by atoms with Gasteiger partial charge in [0.1, 0.15) is 0 Å². The number of rotatable bonds is 5. The number of nitrogens with two attached hydrogens (primary N) is 1. The number of hydrazine groups is 1. The van der Waals surface area contributed by atoms with Crippen LogP contribution in [0, 0.1) is 5.41 Å². The molecule has 20 heavy (non-hydrogen) atoms. The molecule has 5 N–H and O–H groups in total. The molecule has 0 heterocycles. The van der Waals surface area contributed by atoms with Crippen molar-refractivity contribution < 1.29 is 5.21 Å². The van der Waals surface area contributed by atoms with Crippen LogP contribution >= 0.6 is 11.9 Å². The van der Waals surface area contributed by atoms with E-state index in [1.54, 1.807) is 24.5 Å². The summed E-state index contributed by atoms with van der Waals surface area (Å²) in [6, 6.07) is 14.6. The van der Waals surface area contributed by atoms with Crippen LogP contribution in [0.1, 0.15) is 11.1 Å². The van der Waals surface area contributed by atoms with Crippen LogP contribution < -0.4 is 11.2 Å². The molecule has 0 saturated heterocycles. The van der Waals surface area contributed by atoms with E-state index in [-0.39, 0.29) is 0 Å². The molecule has 0 spiro atoms. The van der Waals surface area contributed by atoms with Crippen LogP contribution in [0.5, 0.6) is 0 Å². The molecule has 0 aliphatic rings. The van der Waals surface area contributed by atoms with Crippen LogP contribution in [0.15, 0.2) is 48.5 Å². The minimum atomic E-state index is 0.348. The predicted octanol–water partition coefficient (Wildman–Crippen LogP) is 2.98. The maximum Gasteiger partial charge on any atom is 0.0706 e. The summed E-state index contributed by atoms with van der Waals surface area (Å²) in [5.74, 6) is 0. The molecule has 0 aliphatic heterocycles. The maximum atomic E-state index is 9.43. The van der Waals surface area contributed by atoms with Crippen molar-refractivity contribution in [3.8, 4) is 0 Å². The van der Waals surface area contributed by atoms with Gasteiger partial charge in [-0.1, -0.05) is 30.3 Å². The zero-order chi connectivity index (χ0) is 14.5. The minimum Gasteiger partial charge on any atom is -0.398 e. The largest absolute Gasteiger partial charge is 0.398 e. The van der Waals surface area contributed by atoms with E-state index in [0.29, 0.717) is 22.6 Å². The molecule has 2 rings (SSSR count). The molecular weight excluding hydrogens is 272 g/mol. The van der Waals surface area contributed by atoms with Crippen LogP contribution in [-0.4, -0.2) is 21.8 Å². The lowest BCUT2D eigenvalue weighted by molar-refractivity contribution is 0.0444. The molecule has 0 aliphatic carbocycles. The number of nitrogens with zero attached hydrogens (tertiary/aromatic N) is 1. The molecule has 2 aromatic rings. The Morgan fingerprint density at radius 3 is 2.60 bits per heavy atom. The fourth-order valence-corrected chi connectivity index (χ4v) is 1.96. The summed E-state index contributed by atoms with van der Waals surface area (Å²) >= 11 is 1.13. The molecule has 0 atom stereocenters. The van der Waals surface area contributed by atoms with Gasteiger partial charge in [0.25, 0.3) is 0 Å². The maximum absolute atomic E-state index is 9.43. The first kappa shape index (κ1) is 14.4. The number of nitrogens with one attached hydrogen (secondary N) is 2. The van der Waals surface area contributed by atoms with Gasteiger partial charge in [-0.15, -0.1) is 0 Å². The van der Waals surface area contributed by atoms with E-state index in [0.717, 1.165) is 22.1 Å². The van der Waals surface area contributed by atoms with Crippen LogP contribution in [0.2, 0.25) is 0 Å². The van der Waals surface area contributed by atoms with Gasteiger partial charge >= 0.3 is 0 Å². The highest BCUT2D eigenvalue weighted by Crippen LogP contribution is 2.22. The molecule has 0 aromatic heterocycles. The van der Waals surface area contributed by atoms with E-state index in [2.05, 4.69) is 5.43 Å². The molecule has 5 nitrogen and oxygen atoms in total. The molecular formula is C14H16N4OS. The van der Waals surface area contributed by atoms with E-state index in [1.807, 2.05) is 30.3 Å². The van der Waals surface area contributed by atoms with Crippen molar-refractivity contribution in [1.29, 1.82) is 5.41 Å². The lowest BCUT2D eigenvalue weighted by Crippen LogP contribution is -2.18. The second-order valence-electron chi connectivity index (χ2n) is 4.11. The highest BCUT2D eigenvalue weighted by atomic mass is 32.2. The fraction of sp³-hybridized carbons (Fsp3) is 0.0714. The van der Waals surface area contributed by atoms with Crippen LogP contribution in [-0.2, 0) is 0 Å². The molecule has 0 amide bonds. The fourth-order valence-electron chi connectivity index (χ4n) is 1.76. The lowest BCUT2D eigenvalue weighted by Gasteiger charge is -2.15. The van der Waals surface area contributed by atoms with Gasteiger partial charge in [0.15, 0.2) is 0 Å². The summed E-state index contributed by atoms with van der Waals surface area (Å²) in [4.78, 5) is 0. The van der Waals surface area contributed by atoms with Gasteiger partial charge in [-0.25, -0.2) is 0 Å². The topological polar surface area (TPSA) is 85.4 Å². The summed E-state index contributed by atoms with van der Waals surface area (Å²) < 4.78 is 0.890. The zero-order valence-electron chi connectivity index (χ0n) is 11.0. The van der Waals surface area contributed by atoms with Crippen molar-refractivity contribution in [3.05, 3.63) is 59.7 Å². The second-order valence-corrected chi connectivity index (χ2v) is 4.82. The zero-order valence-corrected chi connectivity index (χ0v) is 11.8. The first-order chi connectivity index (χ1) is 9.61. The van der Waals surface area contributed by atoms with Gasteiger partial charge < -0.3 is 5.73 Å². The Labute approximate surface area is 122 Å². The highest BCUT2D eigenvalue weighted by Gasteiger charge is 2.10. The van der Waals surface area contributed by atoms with Crippen molar-refractivity contribution >= 4 is 29.0 Å². The van der Waals surface area contributed by atoms with Gasteiger partial charge in [-0.05, 0) is 34.7 Å². The third-order valence-corrected chi connectivity index (χ3v) is 3.22. The normalized spacial score (nSPS) is 10.6. The molecule has 2 aromatic carbocycles. The second kappa shape index (κ2) is 6.42. The Morgan fingerprint density at radius 1 is 1.25 bits per heavy atom. The average Bonchev–Trinajstić information content (AvgIpc) is 2.49. The lowest BCUT2D eigenvalue weighted by atomic mass is 10.0. The Morgan fingerprint density at radius 2 is 1.95 bits per heavy atom. The Kier molecular flexibility index (Phi) is 4.62. The third kappa shape index (κ3) is 3.30. The highest BCUT2D eigenvalue weighted by molar-refractivity contribution is 7.96. The number of nitrogen functional groups attached to an aromatic ring is 1. The summed E-state index contributed by atoms with van der Waals surface area (Å²) in [6.45, 7) is 0. The van der Waals surface area contributed by atoms with Gasteiger partial charge in [-0.3, -0.25) is 16.0 Å². The van der Waals surface area contributed by atoms with E-state index in [1.165, 1.54) is 0 Å². The van der Waals surface area contributed by atoms with E-state index < -0.39 is 0 Å². The van der Waals surface area contributed by atoms with Gasteiger partial charge in [-0.2, -0.15) is 0 Å². The van der Waals surface area contributed by atoms with Crippen molar-refractivity contribution in [2.75, 3.05) is 17.4 Å². The first-order valence-electron chi connectivity index (χ1n) is 5.95. The quantitative estimate of drug-likeness (QED) is 0.294. The molecule has 104 valence electrons. The average molecular weight is 288 g/mol. The monoisotopic (exact) mass is 288 g/mol. The van der Waals surface area contributed by atoms with E-state index in [4.69, 9.17) is 11.1 Å². The standard InChI is InChI=1S/C14H16N4OS/c1-20-18(19)17-11-7-8-13(15)12(9-11)14(16)10-5-3-2-4-6-10/h2-9,16-17,19H,15H2,1H3. The molecule has 0 fully saturated rings. The number of anilines is 2. The minimum absolute atomic E-state index is 0.348. The van der Waals surface area contributed by atoms with Gasteiger partial charge in [0.2, 0.25) is 0 Å². The van der Waals surface area contributed by atoms with E-state index >= 15 is 0 Å². The first-order valence-corrected chi connectivity index (χ1v) is 7.13. The Balaban J connectivity index is 2.31. The van der Waals surface area contributed by atoms with Crippen molar-refractivity contribution in [2.24, 2.45) is 0 Å². The predicted molar refractivity (Wildman–Crippen MR) is 84.0 cm³/mol. The Hall–Kier alpha value is -2.02. The summed E-state index contributed by atoms with van der Waals surface area (Å²) in [7, 11) is 0. The summed E-state index contributed by atoms with van der Waals surface area (Å²) in [5, 5.41) is 17.7. The van der Waals surface area contributed by atoms with Crippen LogP contribution in [0.25, 0.3) is 0 Å². The smallest absolute Gasteiger partial charge is 0.0706 e. The molecule has 0 unspecified atom stereocenters. The SMILES string of the molecule is CSN(O)Nc1ccc(N)c(C(=N)c2ccccc2)c1. The van der Waals surface area contributed by atoms with Crippen molar-refractivity contribution in [3.63, 3.8) is 0 Å². The molecule has 0 saturated carbocycles. The number of hydrogen-bond donors (Lipinski definition) is 4. The summed E-state index contributed by atoms with van der Waals surface area (Å²) in [5.41, 5.74) is 11.7. The Bertz CT molecular complexity index is 603. The summed E-state index contributed by atoms with van der Waals surface area (Å²) in [6.07, 6.45) is 1.73. The van der Waals surface area contributed by atoms with Crippen LogP contribution in [0.4, 0.5) is 11.4 Å². The van der Waals surface area contributed by atoms with Crippen molar-refractivity contribution in [2.45, 2.75) is 0 Å².